The maximum Gasteiger partial charge on any atom is 0.151 e. The van der Waals surface area contributed by atoms with Crippen molar-refractivity contribution in [3.8, 4) is 0 Å². The average molecular weight is 264 g/mol. The molecule has 2 rings (SSSR count). The van der Waals surface area contributed by atoms with Crippen molar-refractivity contribution in [3.63, 3.8) is 0 Å². The molecule has 1 N–H and O–H groups in total. The number of nitrogens with zero attached hydrogens (tertiary/aromatic N) is 3. The molecule has 0 spiro atoms. The molecule has 1 aliphatic rings. The summed E-state index contributed by atoms with van der Waals surface area (Å²) < 4.78 is 5.60. The summed E-state index contributed by atoms with van der Waals surface area (Å²) >= 11 is 0. The van der Waals surface area contributed by atoms with E-state index in [-0.39, 0.29) is 6.10 Å². The van der Waals surface area contributed by atoms with Crippen LogP contribution in [0.2, 0.25) is 0 Å². The summed E-state index contributed by atoms with van der Waals surface area (Å²) in [6.07, 6.45) is 2.45. The first kappa shape index (κ1) is 14.2. The molecule has 5 nitrogen and oxygen atoms in total. The number of anilines is 1. The van der Waals surface area contributed by atoms with Crippen LogP contribution in [0, 0.1) is 0 Å². The van der Waals surface area contributed by atoms with Crippen molar-refractivity contribution < 1.29 is 4.74 Å². The third kappa shape index (κ3) is 3.64. The van der Waals surface area contributed by atoms with Gasteiger partial charge >= 0.3 is 0 Å². The number of hydrogen-bond donors (Lipinski definition) is 1. The van der Waals surface area contributed by atoms with Crippen molar-refractivity contribution in [2.45, 2.75) is 45.4 Å². The van der Waals surface area contributed by atoms with Crippen molar-refractivity contribution in [1.29, 1.82) is 0 Å². The molecule has 1 aromatic heterocycles. The topological polar surface area (TPSA) is 50.3 Å². The van der Waals surface area contributed by atoms with Gasteiger partial charge < -0.3 is 15.0 Å². The number of likely N-dealkylation sites (N-methyl/N-ethyl adjacent to an activating group) is 1. The lowest BCUT2D eigenvalue weighted by Gasteiger charge is -2.27. The maximum atomic E-state index is 5.60. The van der Waals surface area contributed by atoms with E-state index >= 15 is 0 Å². The van der Waals surface area contributed by atoms with Crippen LogP contribution >= 0.6 is 0 Å². The molecule has 0 radical (unpaired) electrons. The van der Waals surface area contributed by atoms with Crippen molar-refractivity contribution >= 4 is 5.82 Å². The van der Waals surface area contributed by atoms with Crippen LogP contribution in [0.15, 0.2) is 12.1 Å². The second-order valence-electron chi connectivity index (χ2n) is 5.10. The summed E-state index contributed by atoms with van der Waals surface area (Å²) in [4.78, 5) is 2.17. The Hall–Kier alpha value is -1.20. The molecule has 5 heteroatoms. The van der Waals surface area contributed by atoms with Gasteiger partial charge in [-0.1, -0.05) is 6.92 Å². The Morgan fingerprint density at radius 1 is 1.42 bits per heavy atom. The average Bonchev–Trinajstić information content (AvgIpc) is 2.85. The molecule has 0 aromatic carbocycles. The predicted molar refractivity (Wildman–Crippen MR) is 76.3 cm³/mol. The Morgan fingerprint density at radius 3 is 2.84 bits per heavy atom. The summed E-state index contributed by atoms with van der Waals surface area (Å²) in [6, 6.07) is 4.49. The minimum atomic E-state index is 0.262. The normalized spacial score (nSPS) is 22.7. The fraction of sp³-hybridized carbons (Fsp3) is 0.714. The Morgan fingerprint density at radius 2 is 2.26 bits per heavy atom. The standard InChI is InChI=1S/C14H24N4O/c1-4-8-15-10-12-5-6-14(17-16-12)18(3)13-7-9-19-11(13)2/h5-6,11,13,15H,4,7-10H2,1-3H3. The lowest BCUT2D eigenvalue weighted by atomic mass is 10.1. The molecule has 0 amide bonds. The predicted octanol–water partition coefficient (Wildman–Crippen LogP) is 1.59. The van der Waals surface area contributed by atoms with Gasteiger partial charge in [0.25, 0.3) is 0 Å². The summed E-state index contributed by atoms with van der Waals surface area (Å²) in [5, 5.41) is 11.9. The first-order valence-corrected chi connectivity index (χ1v) is 7.10. The lowest BCUT2D eigenvalue weighted by Crippen LogP contribution is -2.37. The zero-order valence-electron chi connectivity index (χ0n) is 12.1. The molecule has 0 saturated carbocycles. The number of hydrogen-bond acceptors (Lipinski definition) is 5. The second kappa shape index (κ2) is 6.82. The largest absolute Gasteiger partial charge is 0.376 e. The van der Waals surface area contributed by atoms with E-state index in [0.29, 0.717) is 6.04 Å². The Balaban J connectivity index is 1.93. The highest BCUT2D eigenvalue weighted by atomic mass is 16.5. The van der Waals surface area contributed by atoms with Gasteiger partial charge in [-0.2, -0.15) is 5.10 Å². The third-order valence-electron chi connectivity index (χ3n) is 3.63. The van der Waals surface area contributed by atoms with Gasteiger partial charge in [-0.05, 0) is 38.4 Å². The minimum Gasteiger partial charge on any atom is -0.376 e. The monoisotopic (exact) mass is 264 g/mol. The van der Waals surface area contributed by atoms with Crippen LogP contribution in [0.1, 0.15) is 32.4 Å². The lowest BCUT2D eigenvalue weighted by molar-refractivity contribution is 0.118. The minimum absolute atomic E-state index is 0.262. The zero-order chi connectivity index (χ0) is 13.7. The van der Waals surface area contributed by atoms with Crippen LogP contribution in [-0.2, 0) is 11.3 Å². The third-order valence-corrected chi connectivity index (χ3v) is 3.63. The van der Waals surface area contributed by atoms with E-state index in [4.69, 9.17) is 4.74 Å². The summed E-state index contributed by atoms with van der Waals surface area (Å²) in [5.41, 5.74) is 0.987. The molecule has 1 aliphatic heterocycles. The Kier molecular flexibility index (Phi) is 5.10. The Bertz CT molecular complexity index is 382. The van der Waals surface area contributed by atoms with Crippen LogP contribution < -0.4 is 10.2 Å². The fourth-order valence-corrected chi connectivity index (χ4v) is 2.43. The van der Waals surface area contributed by atoms with Gasteiger partial charge in [-0.25, -0.2) is 0 Å². The highest BCUT2D eigenvalue weighted by Crippen LogP contribution is 2.22. The van der Waals surface area contributed by atoms with Crippen molar-refractivity contribution in [2.75, 3.05) is 25.1 Å². The molecule has 2 heterocycles. The molecule has 19 heavy (non-hydrogen) atoms. The number of aromatic nitrogens is 2. The van der Waals surface area contributed by atoms with Crippen molar-refractivity contribution in [3.05, 3.63) is 17.8 Å². The van der Waals surface area contributed by atoms with E-state index in [1.54, 1.807) is 0 Å². The van der Waals surface area contributed by atoms with E-state index in [2.05, 4.69) is 41.3 Å². The van der Waals surface area contributed by atoms with Crippen LogP contribution in [0.5, 0.6) is 0 Å². The molecule has 1 fully saturated rings. The molecule has 1 aromatic rings. The quantitative estimate of drug-likeness (QED) is 0.791. The summed E-state index contributed by atoms with van der Waals surface area (Å²) in [7, 11) is 2.06. The van der Waals surface area contributed by atoms with E-state index in [0.717, 1.165) is 44.0 Å². The van der Waals surface area contributed by atoms with E-state index in [9.17, 15) is 0 Å². The van der Waals surface area contributed by atoms with E-state index < -0.39 is 0 Å². The molecule has 0 bridgehead atoms. The smallest absolute Gasteiger partial charge is 0.151 e. The molecular weight excluding hydrogens is 240 g/mol. The molecule has 106 valence electrons. The molecule has 2 unspecified atom stereocenters. The second-order valence-corrected chi connectivity index (χ2v) is 5.10. The van der Waals surface area contributed by atoms with Crippen molar-refractivity contribution in [1.82, 2.24) is 15.5 Å². The van der Waals surface area contributed by atoms with Gasteiger partial charge in [-0.3, -0.25) is 0 Å². The van der Waals surface area contributed by atoms with E-state index in [1.807, 2.05) is 12.1 Å². The number of nitrogens with one attached hydrogen (secondary N) is 1. The highest BCUT2D eigenvalue weighted by molar-refractivity contribution is 5.38. The molecule has 2 atom stereocenters. The van der Waals surface area contributed by atoms with Gasteiger partial charge in [0.15, 0.2) is 5.82 Å². The summed E-state index contributed by atoms with van der Waals surface area (Å²) in [5.74, 6) is 0.918. The van der Waals surface area contributed by atoms with Crippen molar-refractivity contribution in [2.24, 2.45) is 0 Å². The molecule has 1 saturated heterocycles. The number of ether oxygens (including phenoxy) is 1. The van der Waals surface area contributed by atoms with Gasteiger partial charge in [0.05, 0.1) is 17.8 Å². The SMILES string of the molecule is CCCNCc1ccc(N(C)C2CCOC2C)nn1. The fourth-order valence-electron chi connectivity index (χ4n) is 2.43. The van der Waals surface area contributed by atoms with Crippen LogP contribution in [0.4, 0.5) is 5.82 Å². The molecule has 0 aliphatic carbocycles. The van der Waals surface area contributed by atoms with Gasteiger partial charge in [0.2, 0.25) is 0 Å². The number of rotatable bonds is 6. The first-order chi connectivity index (χ1) is 9.22. The first-order valence-electron chi connectivity index (χ1n) is 7.10. The van der Waals surface area contributed by atoms with E-state index in [1.165, 1.54) is 0 Å². The zero-order valence-corrected chi connectivity index (χ0v) is 12.1. The van der Waals surface area contributed by atoms with Crippen LogP contribution in [0.3, 0.4) is 0 Å². The highest BCUT2D eigenvalue weighted by Gasteiger charge is 2.28. The molecular formula is C14H24N4O. The van der Waals surface area contributed by atoms with Crippen LogP contribution in [0.25, 0.3) is 0 Å². The van der Waals surface area contributed by atoms with Crippen LogP contribution in [-0.4, -0.2) is 42.5 Å². The van der Waals surface area contributed by atoms with Gasteiger partial charge in [0.1, 0.15) is 0 Å². The van der Waals surface area contributed by atoms with Gasteiger partial charge in [-0.15, -0.1) is 5.10 Å². The summed E-state index contributed by atoms with van der Waals surface area (Å²) in [6.45, 7) is 6.91. The van der Waals surface area contributed by atoms with Gasteiger partial charge in [0, 0.05) is 20.2 Å². The Labute approximate surface area is 115 Å². The maximum absolute atomic E-state index is 5.60.